The van der Waals surface area contributed by atoms with Crippen LogP contribution in [0, 0.1) is 12.3 Å². The Labute approximate surface area is 160 Å². The van der Waals surface area contributed by atoms with E-state index in [1.54, 1.807) is 0 Å². The number of carbonyl (C=O) groups excluding carboxylic acids is 1. The Morgan fingerprint density at radius 1 is 1.15 bits per heavy atom. The van der Waals surface area contributed by atoms with Gasteiger partial charge in [0, 0.05) is 44.2 Å². The van der Waals surface area contributed by atoms with Gasteiger partial charge in [-0.2, -0.15) is 0 Å². The van der Waals surface area contributed by atoms with Gasteiger partial charge in [0.05, 0.1) is 0 Å². The Morgan fingerprint density at radius 2 is 1.93 bits per heavy atom. The van der Waals surface area contributed by atoms with Crippen molar-refractivity contribution in [3.8, 4) is 0 Å². The number of rotatable bonds is 4. The minimum absolute atomic E-state index is 0.135. The topological polar surface area (TPSA) is 49.3 Å². The van der Waals surface area contributed by atoms with Crippen molar-refractivity contribution in [1.29, 1.82) is 0 Å². The van der Waals surface area contributed by atoms with E-state index in [0.29, 0.717) is 18.9 Å². The van der Waals surface area contributed by atoms with Crippen LogP contribution in [0.3, 0.4) is 0 Å². The van der Waals surface area contributed by atoms with E-state index in [1.807, 2.05) is 42.3 Å². The Kier molecular flexibility index (Phi) is 4.92. The molecule has 0 radical (unpaired) electrons. The maximum Gasteiger partial charge on any atom is 0.223 e. The Balaban J connectivity index is 1.34. The van der Waals surface area contributed by atoms with E-state index in [2.05, 4.69) is 39.2 Å². The average molecular weight is 362 g/mol. The molecule has 5 heteroatoms. The first-order chi connectivity index (χ1) is 13.1. The molecule has 0 saturated carbocycles. The number of amides is 1. The summed E-state index contributed by atoms with van der Waals surface area (Å²) in [7, 11) is 0. The monoisotopic (exact) mass is 362 g/mol. The van der Waals surface area contributed by atoms with Crippen molar-refractivity contribution in [2.75, 3.05) is 31.1 Å². The molecule has 1 aromatic heterocycles. The molecular weight excluding hydrogens is 336 g/mol. The van der Waals surface area contributed by atoms with Gasteiger partial charge in [-0.05, 0) is 31.4 Å². The summed E-state index contributed by atoms with van der Waals surface area (Å²) < 4.78 is 0. The molecule has 2 saturated heterocycles. The van der Waals surface area contributed by atoms with Gasteiger partial charge in [-0.3, -0.25) is 4.79 Å². The number of piperidine rings is 1. The number of aromatic nitrogens is 2. The zero-order valence-corrected chi connectivity index (χ0v) is 15.8. The second-order valence-electron chi connectivity index (χ2n) is 7.71. The molecule has 1 amide bonds. The van der Waals surface area contributed by atoms with E-state index in [1.165, 1.54) is 5.56 Å². The van der Waals surface area contributed by atoms with E-state index < -0.39 is 0 Å². The quantitative estimate of drug-likeness (QED) is 0.837. The van der Waals surface area contributed by atoms with E-state index in [-0.39, 0.29) is 5.41 Å². The molecule has 0 atom stereocenters. The molecule has 27 heavy (non-hydrogen) atoms. The largest absolute Gasteiger partial charge is 0.356 e. The van der Waals surface area contributed by atoms with Crippen molar-refractivity contribution in [2.45, 2.75) is 26.2 Å². The van der Waals surface area contributed by atoms with Crippen LogP contribution < -0.4 is 4.90 Å². The molecule has 5 nitrogen and oxygen atoms in total. The lowest BCUT2D eigenvalue weighted by Gasteiger charge is -2.39. The molecule has 2 aliphatic rings. The Hall–Kier alpha value is -2.69. The lowest BCUT2D eigenvalue weighted by molar-refractivity contribution is -0.127. The number of anilines is 1. The zero-order chi connectivity index (χ0) is 18.7. The van der Waals surface area contributed by atoms with Gasteiger partial charge in [0.2, 0.25) is 5.91 Å². The molecule has 2 fully saturated rings. The normalized spacial score (nSPS) is 19.4. The Morgan fingerprint density at radius 3 is 2.67 bits per heavy atom. The summed E-state index contributed by atoms with van der Waals surface area (Å²) in [5.41, 5.74) is 1.31. The van der Waals surface area contributed by atoms with E-state index in [9.17, 15) is 4.79 Å². The summed E-state index contributed by atoms with van der Waals surface area (Å²) in [5.74, 6) is 2.10. The van der Waals surface area contributed by atoms with Crippen molar-refractivity contribution in [1.82, 2.24) is 14.9 Å². The predicted molar refractivity (Wildman–Crippen MR) is 107 cm³/mol. The van der Waals surface area contributed by atoms with E-state index >= 15 is 0 Å². The maximum atomic E-state index is 12.5. The van der Waals surface area contributed by atoms with Gasteiger partial charge in [0.1, 0.15) is 11.6 Å². The fourth-order valence-corrected chi connectivity index (χ4v) is 4.19. The van der Waals surface area contributed by atoms with Crippen LogP contribution in [0.5, 0.6) is 0 Å². The average Bonchev–Trinajstić information content (AvgIpc) is 2.98. The first kappa shape index (κ1) is 17.7. The van der Waals surface area contributed by atoms with Crippen LogP contribution in [0.4, 0.5) is 5.82 Å². The molecule has 140 valence electrons. The lowest BCUT2D eigenvalue weighted by atomic mass is 9.77. The van der Waals surface area contributed by atoms with Gasteiger partial charge < -0.3 is 9.80 Å². The number of hydrogen-bond donors (Lipinski definition) is 0. The highest BCUT2D eigenvalue weighted by Crippen LogP contribution is 2.41. The number of nitrogens with zero attached hydrogens (tertiary/aromatic N) is 4. The highest BCUT2D eigenvalue weighted by Gasteiger charge is 2.44. The standard InChI is InChI=1S/C22H26N4O/c1-18-23-12-9-20(24-18)25-14-10-22(11-15-25)16-21(27)26(17-22)13-5-8-19-6-3-2-4-7-19/h2-9,12H,10-11,13-17H2,1H3/b8-5+. The number of carbonyl (C=O) groups is 1. The third-order valence-corrected chi connectivity index (χ3v) is 5.75. The van der Waals surface area contributed by atoms with Crippen molar-refractivity contribution in [2.24, 2.45) is 5.41 Å². The molecule has 3 heterocycles. The lowest BCUT2D eigenvalue weighted by Crippen LogP contribution is -2.42. The summed E-state index contributed by atoms with van der Waals surface area (Å²) in [6.07, 6.45) is 8.79. The predicted octanol–water partition coefficient (Wildman–Crippen LogP) is 3.32. The highest BCUT2D eigenvalue weighted by molar-refractivity contribution is 5.80. The summed E-state index contributed by atoms with van der Waals surface area (Å²) in [4.78, 5) is 25.6. The third kappa shape index (κ3) is 4.02. The van der Waals surface area contributed by atoms with Gasteiger partial charge >= 0.3 is 0 Å². The minimum atomic E-state index is 0.135. The van der Waals surface area contributed by atoms with Gasteiger partial charge in [-0.1, -0.05) is 42.5 Å². The molecule has 2 aromatic rings. The van der Waals surface area contributed by atoms with Crippen LogP contribution in [0.25, 0.3) is 6.08 Å². The molecule has 0 aliphatic carbocycles. The third-order valence-electron chi connectivity index (χ3n) is 5.75. The molecule has 4 rings (SSSR count). The zero-order valence-electron chi connectivity index (χ0n) is 15.8. The van der Waals surface area contributed by atoms with Crippen LogP contribution in [0.2, 0.25) is 0 Å². The molecule has 1 spiro atoms. The molecule has 0 bridgehead atoms. The van der Waals surface area contributed by atoms with Gasteiger partial charge in [-0.25, -0.2) is 9.97 Å². The number of benzene rings is 1. The van der Waals surface area contributed by atoms with Gasteiger partial charge in [0.25, 0.3) is 0 Å². The van der Waals surface area contributed by atoms with Crippen LogP contribution >= 0.6 is 0 Å². The highest BCUT2D eigenvalue weighted by atomic mass is 16.2. The summed E-state index contributed by atoms with van der Waals surface area (Å²) in [6.45, 7) is 5.41. The second-order valence-corrected chi connectivity index (χ2v) is 7.71. The van der Waals surface area contributed by atoms with Gasteiger partial charge in [0.15, 0.2) is 0 Å². The fraction of sp³-hybridized carbons (Fsp3) is 0.409. The van der Waals surface area contributed by atoms with Crippen LogP contribution in [0.1, 0.15) is 30.7 Å². The summed E-state index contributed by atoms with van der Waals surface area (Å²) >= 11 is 0. The van der Waals surface area contributed by atoms with Crippen LogP contribution in [0.15, 0.2) is 48.7 Å². The molecular formula is C22H26N4O. The van der Waals surface area contributed by atoms with E-state index in [4.69, 9.17) is 0 Å². The molecule has 1 aromatic carbocycles. The fourth-order valence-electron chi connectivity index (χ4n) is 4.19. The van der Waals surface area contributed by atoms with Crippen molar-refractivity contribution in [3.63, 3.8) is 0 Å². The van der Waals surface area contributed by atoms with Crippen LogP contribution in [-0.4, -0.2) is 47.0 Å². The number of likely N-dealkylation sites (tertiary alicyclic amines) is 1. The second kappa shape index (κ2) is 7.51. The first-order valence-electron chi connectivity index (χ1n) is 9.68. The molecule has 0 unspecified atom stereocenters. The summed E-state index contributed by atoms with van der Waals surface area (Å²) in [6, 6.07) is 12.2. The molecule has 2 aliphatic heterocycles. The number of hydrogen-bond acceptors (Lipinski definition) is 4. The summed E-state index contributed by atoms with van der Waals surface area (Å²) in [5, 5.41) is 0. The smallest absolute Gasteiger partial charge is 0.223 e. The van der Waals surface area contributed by atoms with Crippen LogP contribution in [-0.2, 0) is 4.79 Å². The Bertz CT molecular complexity index is 825. The maximum absolute atomic E-state index is 12.5. The number of aryl methyl sites for hydroxylation is 1. The van der Waals surface area contributed by atoms with Crippen molar-refractivity contribution < 1.29 is 4.79 Å². The molecule has 0 N–H and O–H groups in total. The minimum Gasteiger partial charge on any atom is -0.356 e. The SMILES string of the molecule is Cc1nccc(N2CCC3(CC2)CC(=O)N(C/C=C/c2ccccc2)C3)n1. The van der Waals surface area contributed by atoms with Crippen molar-refractivity contribution in [3.05, 3.63) is 60.1 Å². The van der Waals surface area contributed by atoms with Crippen molar-refractivity contribution >= 4 is 17.8 Å². The first-order valence-corrected chi connectivity index (χ1v) is 9.68. The van der Waals surface area contributed by atoms with Gasteiger partial charge in [-0.15, -0.1) is 0 Å². The van der Waals surface area contributed by atoms with E-state index in [0.717, 1.165) is 44.1 Å².